The molecule has 0 aliphatic carbocycles. The van der Waals surface area contributed by atoms with E-state index in [1.807, 2.05) is 23.6 Å². The highest BCUT2D eigenvalue weighted by Crippen LogP contribution is 2.12. The summed E-state index contributed by atoms with van der Waals surface area (Å²) >= 11 is 0. The minimum absolute atomic E-state index is 0.580. The Hall–Kier alpha value is -1.58. The summed E-state index contributed by atoms with van der Waals surface area (Å²) in [6.07, 6.45) is 4.50. The van der Waals surface area contributed by atoms with Crippen LogP contribution in [0.15, 0.2) is 18.5 Å². The summed E-state index contributed by atoms with van der Waals surface area (Å²) in [7, 11) is 0. The van der Waals surface area contributed by atoms with Crippen LogP contribution in [0.5, 0.6) is 0 Å². The molecule has 4 heteroatoms. The first-order valence-electron chi connectivity index (χ1n) is 3.90. The van der Waals surface area contributed by atoms with Crippen LogP contribution in [-0.2, 0) is 6.42 Å². The molecular formula is C8H10N4. The Balaban J connectivity index is 2.81. The molecule has 2 aromatic heterocycles. The van der Waals surface area contributed by atoms with Gasteiger partial charge in [0.05, 0.1) is 5.69 Å². The number of rotatable bonds is 1. The Kier molecular flexibility index (Phi) is 1.46. The molecule has 0 unspecified atom stereocenters. The zero-order chi connectivity index (χ0) is 8.55. The van der Waals surface area contributed by atoms with Gasteiger partial charge in [-0.1, -0.05) is 6.92 Å². The van der Waals surface area contributed by atoms with Gasteiger partial charge in [-0.2, -0.15) is 4.98 Å². The molecule has 4 nitrogen and oxygen atoms in total. The Morgan fingerprint density at radius 2 is 2.42 bits per heavy atom. The number of hydrogen-bond donors (Lipinski definition) is 1. The van der Waals surface area contributed by atoms with Crippen molar-refractivity contribution in [2.45, 2.75) is 13.3 Å². The van der Waals surface area contributed by atoms with Crippen molar-refractivity contribution in [3.8, 4) is 0 Å². The van der Waals surface area contributed by atoms with Crippen molar-refractivity contribution in [1.82, 2.24) is 14.4 Å². The Morgan fingerprint density at radius 1 is 1.58 bits per heavy atom. The Bertz CT molecular complexity index is 404. The summed E-state index contributed by atoms with van der Waals surface area (Å²) in [5.74, 6) is 1.25. The van der Waals surface area contributed by atoms with Crippen LogP contribution < -0.4 is 5.73 Å². The van der Waals surface area contributed by atoms with E-state index in [9.17, 15) is 0 Å². The number of nitrogens with two attached hydrogens (primary N) is 1. The standard InChI is InChI=1S/C8H10N4/c1-2-6-7(9)11-8-10-4-3-5-12(6)8/h3-5H,2,9H2,1H3. The quantitative estimate of drug-likeness (QED) is 0.677. The summed E-state index contributed by atoms with van der Waals surface area (Å²) in [6, 6.07) is 1.87. The van der Waals surface area contributed by atoms with Gasteiger partial charge in [-0.05, 0) is 12.5 Å². The fraction of sp³-hybridized carbons (Fsp3) is 0.250. The zero-order valence-corrected chi connectivity index (χ0v) is 6.86. The third kappa shape index (κ3) is 0.845. The van der Waals surface area contributed by atoms with Gasteiger partial charge in [0, 0.05) is 12.4 Å². The summed E-state index contributed by atoms with van der Waals surface area (Å²) in [5, 5.41) is 0. The highest BCUT2D eigenvalue weighted by molar-refractivity contribution is 5.47. The van der Waals surface area contributed by atoms with Crippen molar-refractivity contribution in [3.63, 3.8) is 0 Å². The minimum atomic E-state index is 0.580. The van der Waals surface area contributed by atoms with E-state index in [4.69, 9.17) is 5.73 Å². The second kappa shape index (κ2) is 2.48. The number of anilines is 1. The lowest BCUT2D eigenvalue weighted by molar-refractivity contribution is 0.980. The van der Waals surface area contributed by atoms with Gasteiger partial charge in [0.25, 0.3) is 0 Å². The van der Waals surface area contributed by atoms with Crippen LogP contribution >= 0.6 is 0 Å². The lowest BCUT2D eigenvalue weighted by atomic mass is 10.3. The normalized spacial score (nSPS) is 10.8. The SMILES string of the molecule is CCc1c(N)nc2ncccn12. The molecule has 2 N–H and O–H groups in total. The number of imidazole rings is 1. The largest absolute Gasteiger partial charge is 0.382 e. The number of fused-ring (bicyclic) bond motifs is 1. The van der Waals surface area contributed by atoms with Gasteiger partial charge in [0.1, 0.15) is 5.82 Å². The van der Waals surface area contributed by atoms with Crippen molar-refractivity contribution >= 4 is 11.6 Å². The van der Waals surface area contributed by atoms with Crippen molar-refractivity contribution < 1.29 is 0 Å². The number of nitrogens with zero attached hydrogens (tertiary/aromatic N) is 3. The molecule has 0 atom stereocenters. The van der Waals surface area contributed by atoms with Gasteiger partial charge in [0.2, 0.25) is 5.78 Å². The van der Waals surface area contributed by atoms with E-state index in [0.717, 1.165) is 12.1 Å². The third-order valence-electron chi connectivity index (χ3n) is 1.87. The van der Waals surface area contributed by atoms with Crippen LogP contribution in [0.4, 0.5) is 5.82 Å². The van der Waals surface area contributed by atoms with E-state index in [-0.39, 0.29) is 0 Å². The van der Waals surface area contributed by atoms with Gasteiger partial charge in [0.15, 0.2) is 0 Å². The number of aromatic nitrogens is 3. The fourth-order valence-electron chi connectivity index (χ4n) is 1.30. The maximum absolute atomic E-state index is 5.69. The summed E-state index contributed by atoms with van der Waals surface area (Å²) in [6.45, 7) is 2.05. The molecule has 0 fully saturated rings. The average Bonchev–Trinajstić information content (AvgIpc) is 2.40. The molecule has 12 heavy (non-hydrogen) atoms. The highest BCUT2D eigenvalue weighted by atomic mass is 15.1. The van der Waals surface area contributed by atoms with Crippen LogP contribution in [0, 0.1) is 0 Å². The molecule has 2 aromatic rings. The van der Waals surface area contributed by atoms with E-state index in [0.29, 0.717) is 11.6 Å². The Morgan fingerprint density at radius 3 is 3.17 bits per heavy atom. The Labute approximate surface area is 70.1 Å². The number of hydrogen-bond acceptors (Lipinski definition) is 3. The monoisotopic (exact) mass is 162 g/mol. The van der Waals surface area contributed by atoms with E-state index < -0.39 is 0 Å². The summed E-state index contributed by atoms with van der Waals surface area (Å²) < 4.78 is 1.91. The summed E-state index contributed by atoms with van der Waals surface area (Å²) in [5.41, 5.74) is 6.72. The van der Waals surface area contributed by atoms with E-state index in [1.54, 1.807) is 6.20 Å². The predicted octanol–water partition coefficient (Wildman–Crippen LogP) is 0.874. The molecule has 0 bridgehead atoms. The molecular weight excluding hydrogens is 152 g/mol. The molecule has 0 spiro atoms. The van der Waals surface area contributed by atoms with Crippen molar-refractivity contribution in [2.75, 3.05) is 5.73 Å². The average molecular weight is 162 g/mol. The van der Waals surface area contributed by atoms with Gasteiger partial charge >= 0.3 is 0 Å². The lowest BCUT2D eigenvalue weighted by Crippen LogP contribution is -1.94. The van der Waals surface area contributed by atoms with Gasteiger partial charge in [-0.25, -0.2) is 4.98 Å². The molecule has 0 aromatic carbocycles. The van der Waals surface area contributed by atoms with Crippen LogP contribution in [0.1, 0.15) is 12.6 Å². The van der Waals surface area contributed by atoms with Gasteiger partial charge < -0.3 is 5.73 Å². The molecule has 2 rings (SSSR count). The van der Waals surface area contributed by atoms with Gasteiger partial charge in [-0.15, -0.1) is 0 Å². The second-order valence-electron chi connectivity index (χ2n) is 2.59. The molecule has 0 aliphatic heterocycles. The maximum atomic E-state index is 5.69. The van der Waals surface area contributed by atoms with Gasteiger partial charge in [-0.3, -0.25) is 4.40 Å². The van der Waals surface area contributed by atoms with Crippen molar-refractivity contribution in [3.05, 3.63) is 24.2 Å². The summed E-state index contributed by atoms with van der Waals surface area (Å²) in [4.78, 5) is 8.20. The van der Waals surface area contributed by atoms with Crippen LogP contribution in [0.2, 0.25) is 0 Å². The predicted molar refractivity (Wildman–Crippen MR) is 46.8 cm³/mol. The topological polar surface area (TPSA) is 56.2 Å². The molecule has 0 aliphatic rings. The zero-order valence-electron chi connectivity index (χ0n) is 6.86. The first kappa shape index (κ1) is 7.09. The molecule has 2 heterocycles. The van der Waals surface area contributed by atoms with E-state index >= 15 is 0 Å². The second-order valence-corrected chi connectivity index (χ2v) is 2.59. The number of nitrogen functional groups attached to an aromatic ring is 1. The maximum Gasteiger partial charge on any atom is 0.235 e. The number of aryl methyl sites for hydroxylation is 1. The fourth-order valence-corrected chi connectivity index (χ4v) is 1.30. The first-order chi connectivity index (χ1) is 5.83. The van der Waals surface area contributed by atoms with Crippen LogP contribution in [0.25, 0.3) is 5.78 Å². The lowest BCUT2D eigenvalue weighted by Gasteiger charge is -1.95. The molecule has 0 saturated heterocycles. The molecule has 62 valence electrons. The van der Waals surface area contributed by atoms with Crippen LogP contribution in [0.3, 0.4) is 0 Å². The molecule has 0 amide bonds. The molecule has 0 radical (unpaired) electrons. The van der Waals surface area contributed by atoms with E-state index in [1.165, 1.54) is 0 Å². The van der Waals surface area contributed by atoms with Crippen molar-refractivity contribution in [1.29, 1.82) is 0 Å². The first-order valence-corrected chi connectivity index (χ1v) is 3.90. The third-order valence-corrected chi connectivity index (χ3v) is 1.87. The van der Waals surface area contributed by atoms with Crippen molar-refractivity contribution in [2.24, 2.45) is 0 Å². The van der Waals surface area contributed by atoms with E-state index in [2.05, 4.69) is 9.97 Å². The molecule has 0 saturated carbocycles. The van der Waals surface area contributed by atoms with Crippen LogP contribution in [-0.4, -0.2) is 14.4 Å². The highest BCUT2D eigenvalue weighted by Gasteiger charge is 2.06. The minimum Gasteiger partial charge on any atom is -0.382 e. The smallest absolute Gasteiger partial charge is 0.235 e.